The number of hydrogen-bond acceptors (Lipinski definition) is 0. The van der Waals surface area contributed by atoms with E-state index in [1.165, 1.54) is 77.9 Å². The molecule has 0 aliphatic heterocycles. The topological polar surface area (TPSA) is 0 Å². The average Bonchev–Trinajstić information content (AvgIpc) is 3.56. The molecular weight excluding hydrogens is 516 g/mol. The van der Waals surface area contributed by atoms with E-state index in [0.717, 1.165) is 0 Å². The van der Waals surface area contributed by atoms with E-state index in [2.05, 4.69) is 170 Å². The second-order valence-corrected chi connectivity index (χ2v) is 11.6. The molecule has 0 aromatic heterocycles. The highest BCUT2D eigenvalue weighted by atomic mass is 14.5. The summed E-state index contributed by atoms with van der Waals surface area (Å²) < 4.78 is 0. The predicted molar refractivity (Wildman–Crippen MR) is 179 cm³/mol. The van der Waals surface area contributed by atoms with Gasteiger partial charge in [0.2, 0.25) is 0 Å². The van der Waals surface area contributed by atoms with Gasteiger partial charge in [-0.15, -0.1) is 0 Å². The summed E-state index contributed by atoms with van der Waals surface area (Å²) in [6, 6.07) is 62.7. The Morgan fingerprint density at radius 2 is 0.651 bits per heavy atom. The van der Waals surface area contributed by atoms with Gasteiger partial charge in [0.05, 0.1) is 5.41 Å². The largest absolute Gasteiger partial charge is 0.0725 e. The smallest absolute Gasteiger partial charge is 0.0622 e. The van der Waals surface area contributed by atoms with Gasteiger partial charge in [0.1, 0.15) is 0 Å². The van der Waals surface area contributed by atoms with Crippen molar-refractivity contribution in [3.63, 3.8) is 0 Å². The van der Waals surface area contributed by atoms with Crippen LogP contribution in [-0.2, 0) is 5.41 Å². The Morgan fingerprint density at radius 3 is 1.21 bits per heavy atom. The highest BCUT2D eigenvalue weighted by Gasteiger charge is 2.51. The molecule has 0 nitrogen and oxygen atoms in total. The van der Waals surface area contributed by atoms with Crippen molar-refractivity contribution in [3.05, 3.63) is 192 Å². The molecular formula is C43H28. The Bertz CT molecular complexity index is 2070. The van der Waals surface area contributed by atoms with E-state index >= 15 is 0 Å². The molecule has 43 heavy (non-hydrogen) atoms. The average molecular weight is 545 g/mol. The molecule has 7 aromatic rings. The molecule has 0 radical (unpaired) electrons. The zero-order valence-electron chi connectivity index (χ0n) is 23.7. The van der Waals surface area contributed by atoms with Crippen LogP contribution < -0.4 is 0 Å². The van der Waals surface area contributed by atoms with Gasteiger partial charge >= 0.3 is 0 Å². The predicted octanol–water partition coefficient (Wildman–Crippen LogP) is 11.0. The Labute approximate surface area is 252 Å². The fourth-order valence-corrected chi connectivity index (χ4v) is 7.76. The van der Waals surface area contributed by atoms with E-state index in [1.54, 1.807) is 0 Å². The molecule has 0 bridgehead atoms. The summed E-state index contributed by atoms with van der Waals surface area (Å²) in [5.74, 6) is 0. The van der Waals surface area contributed by atoms with Crippen LogP contribution in [-0.4, -0.2) is 0 Å². The standard InChI is InChI=1S/C43H28/c1-3-14-29(15-4-1)31-26-32(30-16-5-2-6-17-30)28-33(27-31)34-21-13-25-41-42(34)37-20-9-12-24-40(37)43(41)38-22-10-7-18-35(38)36-19-8-11-23-39(36)43/h1-28H. The van der Waals surface area contributed by atoms with Crippen molar-refractivity contribution >= 4 is 0 Å². The molecule has 0 unspecified atom stereocenters. The Hall–Kier alpha value is -5.46. The molecule has 0 heteroatoms. The molecule has 0 atom stereocenters. The summed E-state index contributed by atoms with van der Waals surface area (Å²) in [6.07, 6.45) is 0. The van der Waals surface area contributed by atoms with Gasteiger partial charge in [-0.2, -0.15) is 0 Å². The van der Waals surface area contributed by atoms with E-state index in [4.69, 9.17) is 0 Å². The van der Waals surface area contributed by atoms with Crippen molar-refractivity contribution < 1.29 is 0 Å². The minimum atomic E-state index is -0.339. The summed E-state index contributed by atoms with van der Waals surface area (Å²) in [5, 5.41) is 0. The first-order valence-corrected chi connectivity index (χ1v) is 15.0. The third-order valence-electron chi connectivity index (χ3n) is 9.48. The lowest BCUT2D eigenvalue weighted by atomic mass is 9.70. The lowest BCUT2D eigenvalue weighted by molar-refractivity contribution is 0.794. The maximum absolute atomic E-state index is 2.38. The molecule has 0 saturated heterocycles. The Morgan fingerprint density at radius 1 is 0.256 bits per heavy atom. The normalized spacial score (nSPS) is 13.3. The van der Waals surface area contributed by atoms with Crippen molar-refractivity contribution in [2.24, 2.45) is 0 Å². The lowest BCUT2D eigenvalue weighted by Crippen LogP contribution is -2.25. The van der Waals surface area contributed by atoms with E-state index < -0.39 is 0 Å². The fourth-order valence-electron chi connectivity index (χ4n) is 7.76. The van der Waals surface area contributed by atoms with E-state index in [9.17, 15) is 0 Å². The monoisotopic (exact) mass is 544 g/mol. The van der Waals surface area contributed by atoms with Gasteiger partial charge in [-0.1, -0.05) is 152 Å². The second-order valence-electron chi connectivity index (χ2n) is 11.6. The van der Waals surface area contributed by atoms with Gasteiger partial charge in [0.25, 0.3) is 0 Å². The molecule has 7 aromatic carbocycles. The van der Waals surface area contributed by atoms with Crippen molar-refractivity contribution in [1.82, 2.24) is 0 Å². The number of rotatable bonds is 3. The molecule has 200 valence electrons. The van der Waals surface area contributed by atoms with E-state index in [0.29, 0.717) is 0 Å². The summed E-state index contributed by atoms with van der Waals surface area (Å²) >= 11 is 0. The summed E-state index contributed by atoms with van der Waals surface area (Å²) in [5.41, 5.74) is 17.9. The minimum Gasteiger partial charge on any atom is -0.0622 e. The maximum atomic E-state index is 2.38. The van der Waals surface area contributed by atoms with E-state index in [1.807, 2.05) is 0 Å². The van der Waals surface area contributed by atoms with Crippen LogP contribution in [0.5, 0.6) is 0 Å². The second kappa shape index (κ2) is 9.28. The van der Waals surface area contributed by atoms with Crippen LogP contribution >= 0.6 is 0 Å². The van der Waals surface area contributed by atoms with Crippen LogP contribution in [0.2, 0.25) is 0 Å². The van der Waals surface area contributed by atoms with Crippen molar-refractivity contribution in [3.8, 4) is 55.6 Å². The fraction of sp³-hybridized carbons (Fsp3) is 0.0233. The third-order valence-corrected chi connectivity index (χ3v) is 9.48. The SMILES string of the molecule is c1ccc(-c2cc(-c3ccccc3)cc(-c3cccc4c3-c3ccccc3C43c4ccccc4-c4ccccc43)c2)cc1. The van der Waals surface area contributed by atoms with Crippen LogP contribution in [0.1, 0.15) is 22.3 Å². The van der Waals surface area contributed by atoms with Crippen LogP contribution in [0, 0.1) is 0 Å². The first-order chi connectivity index (χ1) is 21.3. The van der Waals surface area contributed by atoms with Crippen LogP contribution in [0.4, 0.5) is 0 Å². The molecule has 0 amide bonds. The minimum absolute atomic E-state index is 0.339. The molecule has 1 spiro atoms. The molecule has 0 fully saturated rings. The Balaban J connectivity index is 1.37. The van der Waals surface area contributed by atoms with E-state index in [-0.39, 0.29) is 5.41 Å². The molecule has 0 heterocycles. The zero-order valence-corrected chi connectivity index (χ0v) is 23.7. The lowest BCUT2D eigenvalue weighted by Gasteiger charge is -2.30. The van der Waals surface area contributed by atoms with Crippen LogP contribution in [0.3, 0.4) is 0 Å². The molecule has 2 aliphatic rings. The van der Waals surface area contributed by atoms with Crippen molar-refractivity contribution in [2.75, 3.05) is 0 Å². The van der Waals surface area contributed by atoms with Gasteiger partial charge in [-0.25, -0.2) is 0 Å². The summed E-state index contributed by atoms with van der Waals surface area (Å²) in [6.45, 7) is 0. The highest BCUT2D eigenvalue weighted by molar-refractivity contribution is 6.00. The first-order valence-electron chi connectivity index (χ1n) is 15.0. The Kier molecular flexibility index (Phi) is 5.21. The van der Waals surface area contributed by atoms with Gasteiger partial charge < -0.3 is 0 Å². The molecule has 0 N–H and O–H groups in total. The number of benzene rings is 7. The highest BCUT2D eigenvalue weighted by Crippen LogP contribution is 2.63. The first kappa shape index (κ1) is 24.2. The van der Waals surface area contributed by atoms with Gasteiger partial charge in [-0.3, -0.25) is 0 Å². The number of fused-ring (bicyclic) bond motifs is 10. The number of hydrogen-bond donors (Lipinski definition) is 0. The van der Waals surface area contributed by atoms with Crippen molar-refractivity contribution in [2.45, 2.75) is 5.41 Å². The molecule has 2 aliphatic carbocycles. The van der Waals surface area contributed by atoms with Crippen molar-refractivity contribution in [1.29, 1.82) is 0 Å². The molecule has 9 rings (SSSR count). The van der Waals surface area contributed by atoms with Crippen LogP contribution in [0.15, 0.2) is 170 Å². The summed E-state index contributed by atoms with van der Waals surface area (Å²) in [7, 11) is 0. The third kappa shape index (κ3) is 3.38. The molecule has 0 saturated carbocycles. The quantitative estimate of drug-likeness (QED) is 0.207. The van der Waals surface area contributed by atoms with Crippen LogP contribution in [0.25, 0.3) is 55.6 Å². The summed E-state index contributed by atoms with van der Waals surface area (Å²) in [4.78, 5) is 0. The maximum Gasteiger partial charge on any atom is 0.0725 e. The van der Waals surface area contributed by atoms with Gasteiger partial charge in [0.15, 0.2) is 0 Å². The zero-order chi connectivity index (χ0) is 28.4. The van der Waals surface area contributed by atoms with Gasteiger partial charge in [-0.05, 0) is 96.1 Å². The van der Waals surface area contributed by atoms with Gasteiger partial charge in [0, 0.05) is 0 Å².